The summed E-state index contributed by atoms with van der Waals surface area (Å²) in [6.45, 7) is 10.8. The standard InChI is InChI=1S/C19H28N4S2.HI/c1-6-20-19(21-10-9-17-14(3)23-15(4)25-17)22-12-16-8-7-13(2)11-18(16)24-5;/h7-8,11H,6,9-10,12H2,1-5H3,(H2,20,21,22);1H. The van der Waals surface area contributed by atoms with Crippen LogP contribution in [-0.2, 0) is 13.0 Å². The molecule has 0 atom stereocenters. The van der Waals surface area contributed by atoms with E-state index < -0.39 is 0 Å². The first-order valence-corrected chi connectivity index (χ1v) is 10.7. The second-order valence-electron chi connectivity index (χ2n) is 5.93. The zero-order valence-electron chi connectivity index (χ0n) is 16.2. The van der Waals surface area contributed by atoms with Gasteiger partial charge in [0.05, 0.1) is 17.2 Å². The molecule has 0 saturated heterocycles. The van der Waals surface area contributed by atoms with Crippen LogP contribution in [0.15, 0.2) is 28.1 Å². The molecule has 0 aliphatic heterocycles. The SMILES string of the molecule is CCNC(=NCc1ccc(C)cc1SC)NCCc1sc(C)nc1C.I. The summed E-state index contributed by atoms with van der Waals surface area (Å²) in [7, 11) is 0. The Bertz CT molecular complexity index is 728. The first kappa shape index (κ1) is 23.2. The molecule has 1 aromatic carbocycles. The van der Waals surface area contributed by atoms with Crippen molar-refractivity contribution in [1.82, 2.24) is 15.6 Å². The second-order valence-corrected chi connectivity index (χ2v) is 8.06. The molecule has 2 aromatic rings. The van der Waals surface area contributed by atoms with Crippen LogP contribution < -0.4 is 10.6 Å². The molecule has 0 aliphatic carbocycles. The summed E-state index contributed by atoms with van der Waals surface area (Å²) < 4.78 is 0. The molecule has 7 heteroatoms. The van der Waals surface area contributed by atoms with E-state index in [1.54, 1.807) is 23.1 Å². The fraction of sp³-hybridized carbons (Fsp3) is 0.474. The van der Waals surface area contributed by atoms with Crippen molar-refractivity contribution in [2.24, 2.45) is 4.99 Å². The summed E-state index contributed by atoms with van der Waals surface area (Å²) in [5.41, 5.74) is 3.71. The topological polar surface area (TPSA) is 49.3 Å². The Morgan fingerprint density at radius 3 is 2.62 bits per heavy atom. The van der Waals surface area contributed by atoms with Crippen LogP contribution in [0.2, 0.25) is 0 Å². The molecule has 0 amide bonds. The Labute approximate surface area is 182 Å². The molecule has 0 unspecified atom stereocenters. The van der Waals surface area contributed by atoms with E-state index in [4.69, 9.17) is 4.99 Å². The Morgan fingerprint density at radius 2 is 2.00 bits per heavy atom. The number of nitrogens with one attached hydrogen (secondary N) is 2. The average molecular weight is 505 g/mol. The van der Waals surface area contributed by atoms with Gasteiger partial charge in [-0.05, 0) is 51.1 Å². The van der Waals surface area contributed by atoms with Gasteiger partial charge >= 0.3 is 0 Å². The maximum atomic E-state index is 4.75. The fourth-order valence-electron chi connectivity index (χ4n) is 2.59. The van der Waals surface area contributed by atoms with Crippen molar-refractivity contribution in [3.8, 4) is 0 Å². The molecule has 0 fully saturated rings. The molecule has 2 N–H and O–H groups in total. The van der Waals surface area contributed by atoms with Gasteiger partial charge in [0.15, 0.2) is 5.96 Å². The zero-order valence-corrected chi connectivity index (χ0v) is 20.1. The molecule has 1 heterocycles. The lowest BCUT2D eigenvalue weighted by atomic mass is 10.1. The molecule has 1 aromatic heterocycles. The molecule has 0 bridgehead atoms. The lowest BCUT2D eigenvalue weighted by Crippen LogP contribution is -2.38. The highest BCUT2D eigenvalue weighted by atomic mass is 127. The first-order valence-electron chi connectivity index (χ1n) is 8.62. The third kappa shape index (κ3) is 7.08. The van der Waals surface area contributed by atoms with Gasteiger partial charge in [0, 0.05) is 29.3 Å². The Hall–Kier alpha value is -0.800. The number of aryl methyl sites for hydroxylation is 3. The quantitative estimate of drug-likeness (QED) is 0.248. The molecule has 26 heavy (non-hydrogen) atoms. The van der Waals surface area contributed by atoms with Gasteiger partial charge in [0.2, 0.25) is 0 Å². The van der Waals surface area contributed by atoms with E-state index in [2.05, 4.69) is 67.8 Å². The highest BCUT2D eigenvalue weighted by molar-refractivity contribution is 14.0. The normalized spacial score (nSPS) is 11.2. The maximum Gasteiger partial charge on any atom is 0.191 e. The minimum Gasteiger partial charge on any atom is -0.357 e. The molecule has 144 valence electrons. The van der Waals surface area contributed by atoms with Gasteiger partial charge in [-0.15, -0.1) is 47.1 Å². The summed E-state index contributed by atoms with van der Waals surface area (Å²) >= 11 is 3.56. The molecule has 0 saturated carbocycles. The fourth-order valence-corrected chi connectivity index (χ4v) is 4.22. The van der Waals surface area contributed by atoms with Crippen molar-refractivity contribution >= 4 is 53.0 Å². The van der Waals surface area contributed by atoms with Crippen LogP contribution in [0.1, 0.15) is 33.6 Å². The smallest absolute Gasteiger partial charge is 0.191 e. The van der Waals surface area contributed by atoms with E-state index >= 15 is 0 Å². The van der Waals surface area contributed by atoms with E-state index in [1.165, 1.54) is 20.9 Å². The van der Waals surface area contributed by atoms with Crippen LogP contribution in [0.25, 0.3) is 0 Å². The van der Waals surface area contributed by atoms with Gasteiger partial charge < -0.3 is 10.6 Å². The van der Waals surface area contributed by atoms with Crippen molar-refractivity contribution in [2.45, 2.75) is 45.6 Å². The monoisotopic (exact) mass is 504 g/mol. The van der Waals surface area contributed by atoms with Gasteiger partial charge in [0.25, 0.3) is 0 Å². The number of halogens is 1. The van der Waals surface area contributed by atoms with E-state index in [0.717, 1.165) is 36.2 Å². The third-order valence-electron chi connectivity index (χ3n) is 3.84. The van der Waals surface area contributed by atoms with Crippen LogP contribution in [0.4, 0.5) is 0 Å². The number of aliphatic imine (C=N–C) groups is 1. The lowest BCUT2D eigenvalue weighted by Gasteiger charge is -2.12. The number of nitrogens with zero attached hydrogens (tertiary/aromatic N) is 2. The summed E-state index contributed by atoms with van der Waals surface area (Å²) in [6, 6.07) is 6.56. The minimum atomic E-state index is 0. The van der Waals surface area contributed by atoms with Gasteiger partial charge in [0.1, 0.15) is 0 Å². The number of rotatable bonds is 7. The number of thiazole rings is 1. The molecular formula is C19H29IN4S2. The molecule has 0 spiro atoms. The molecule has 2 rings (SSSR count). The number of guanidine groups is 1. The van der Waals surface area contributed by atoms with Crippen molar-refractivity contribution in [3.05, 3.63) is 44.9 Å². The molecule has 4 nitrogen and oxygen atoms in total. The number of hydrogen-bond donors (Lipinski definition) is 2. The summed E-state index contributed by atoms with van der Waals surface area (Å²) in [6.07, 6.45) is 3.09. The molecular weight excluding hydrogens is 475 g/mol. The van der Waals surface area contributed by atoms with Crippen LogP contribution in [0.5, 0.6) is 0 Å². The number of hydrogen-bond acceptors (Lipinski definition) is 4. The van der Waals surface area contributed by atoms with Crippen molar-refractivity contribution in [1.29, 1.82) is 0 Å². The summed E-state index contributed by atoms with van der Waals surface area (Å²) in [5.74, 6) is 0.869. The number of thioether (sulfide) groups is 1. The zero-order chi connectivity index (χ0) is 18.2. The van der Waals surface area contributed by atoms with Gasteiger partial charge in [-0.1, -0.05) is 12.1 Å². The van der Waals surface area contributed by atoms with Crippen molar-refractivity contribution in [3.63, 3.8) is 0 Å². The van der Waals surface area contributed by atoms with Gasteiger partial charge in [-0.25, -0.2) is 9.98 Å². The van der Waals surface area contributed by atoms with E-state index in [0.29, 0.717) is 6.54 Å². The maximum absolute atomic E-state index is 4.75. The minimum absolute atomic E-state index is 0. The van der Waals surface area contributed by atoms with Crippen LogP contribution in [0, 0.1) is 20.8 Å². The first-order chi connectivity index (χ1) is 12.0. The predicted octanol–water partition coefficient (Wildman–Crippen LogP) is 4.71. The van der Waals surface area contributed by atoms with Gasteiger partial charge in [-0.3, -0.25) is 0 Å². The molecule has 0 radical (unpaired) electrons. The number of benzene rings is 1. The molecule has 0 aliphatic rings. The van der Waals surface area contributed by atoms with Crippen LogP contribution in [-0.4, -0.2) is 30.3 Å². The lowest BCUT2D eigenvalue weighted by molar-refractivity contribution is 0.800. The summed E-state index contributed by atoms with van der Waals surface area (Å²) in [5, 5.41) is 7.90. The number of aromatic nitrogens is 1. The Kier molecular flexibility index (Phi) is 10.6. The van der Waals surface area contributed by atoms with Crippen molar-refractivity contribution < 1.29 is 0 Å². The van der Waals surface area contributed by atoms with Crippen LogP contribution in [0.3, 0.4) is 0 Å². The third-order valence-corrected chi connectivity index (χ3v) is 5.79. The Morgan fingerprint density at radius 1 is 1.23 bits per heavy atom. The Balaban J connectivity index is 0.00000338. The van der Waals surface area contributed by atoms with Gasteiger partial charge in [-0.2, -0.15) is 0 Å². The average Bonchev–Trinajstić information content (AvgIpc) is 2.90. The second kappa shape index (κ2) is 11.8. The van der Waals surface area contributed by atoms with Crippen LogP contribution >= 0.6 is 47.1 Å². The van der Waals surface area contributed by atoms with E-state index in [-0.39, 0.29) is 24.0 Å². The summed E-state index contributed by atoms with van der Waals surface area (Å²) in [4.78, 5) is 11.9. The highest BCUT2D eigenvalue weighted by Gasteiger charge is 2.06. The largest absolute Gasteiger partial charge is 0.357 e. The van der Waals surface area contributed by atoms with E-state index in [1.807, 2.05) is 0 Å². The van der Waals surface area contributed by atoms with E-state index in [9.17, 15) is 0 Å². The highest BCUT2D eigenvalue weighted by Crippen LogP contribution is 2.22. The predicted molar refractivity (Wildman–Crippen MR) is 126 cm³/mol. The van der Waals surface area contributed by atoms with Crippen molar-refractivity contribution in [2.75, 3.05) is 19.3 Å².